The van der Waals surface area contributed by atoms with Crippen LogP contribution in [0.2, 0.25) is 0 Å². The summed E-state index contributed by atoms with van der Waals surface area (Å²) < 4.78 is 10.7. The quantitative estimate of drug-likeness (QED) is 0.860. The monoisotopic (exact) mass is 232 g/mol. The lowest BCUT2D eigenvalue weighted by atomic mass is 10.1. The molecule has 2 rings (SSSR count). The number of ether oxygens (including phenoxy) is 1. The molecule has 0 aliphatic rings. The van der Waals surface area contributed by atoms with Crippen molar-refractivity contribution >= 4 is 0 Å². The number of hydrogen-bond acceptors (Lipinski definition) is 4. The van der Waals surface area contributed by atoms with E-state index in [9.17, 15) is 0 Å². The summed E-state index contributed by atoms with van der Waals surface area (Å²) in [4.78, 5) is 4.27. The summed E-state index contributed by atoms with van der Waals surface area (Å²) in [6.07, 6.45) is 4.19. The highest BCUT2D eigenvalue weighted by Crippen LogP contribution is 2.16. The third-order valence-corrected chi connectivity index (χ3v) is 2.54. The second-order valence-corrected chi connectivity index (χ2v) is 3.80. The molecule has 2 heterocycles. The van der Waals surface area contributed by atoms with E-state index in [0.29, 0.717) is 12.4 Å². The zero-order valence-corrected chi connectivity index (χ0v) is 9.80. The number of pyridine rings is 1. The smallest absolute Gasteiger partial charge is 0.146 e. The van der Waals surface area contributed by atoms with Crippen LogP contribution in [0.5, 0.6) is 5.75 Å². The summed E-state index contributed by atoms with van der Waals surface area (Å²) in [5, 5.41) is 0. The second kappa shape index (κ2) is 5.50. The van der Waals surface area contributed by atoms with E-state index < -0.39 is 0 Å². The SMILES string of the molecule is CC[C@@H](N)c1ccc(OCc2ccco2)cn1. The maximum Gasteiger partial charge on any atom is 0.146 e. The molecule has 0 spiro atoms. The van der Waals surface area contributed by atoms with Crippen LogP contribution in [0.3, 0.4) is 0 Å². The zero-order chi connectivity index (χ0) is 12.1. The van der Waals surface area contributed by atoms with Gasteiger partial charge in [0, 0.05) is 6.04 Å². The van der Waals surface area contributed by atoms with Crippen LogP contribution >= 0.6 is 0 Å². The Labute approximate surface area is 100 Å². The van der Waals surface area contributed by atoms with E-state index in [1.54, 1.807) is 12.5 Å². The van der Waals surface area contributed by atoms with Crippen LogP contribution in [0.1, 0.15) is 30.8 Å². The molecule has 17 heavy (non-hydrogen) atoms. The van der Waals surface area contributed by atoms with Gasteiger partial charge in [-0.05, 0) is 30.7 Å². The fourth-order valence-corrected chi connectivity index (χ4v) is 1.45. The number of nitrogens with two attached hydrogens (primary N) is 1. The fraction of sp³-hybridized carbons (Fsp3) is 0.308. The standard InChI is InChI=1S/C13H16N2O2/c1-2-12(14)13-6-5-10(8-15-13)17-9-11-4-3-7-16-11/h3-8,12H,2,9,14H2,1H3/t12-/m1/s1. The average Bonchev–Trinajstić information content (AvgIpc) is 2.89. The Morgan fingerprint density at radius 2 is 2.29 bits per heavy atom. The van der Waals surface area contributed by atoms with E-state index in [1.165, 1.54) is 0 Å². The molecule has 2 aromatic heterocycles. The number of rotatable bonds is 5. The van der Waals surface area contributed by atoms with Gasteiger partial charge in [0.2, 0.25) is 0 Å². The third kappa shape index (κ3) is 3.07. The van der Waals surface area contributed by atoms with Crippen molar-refractivity contribution in [2.75, 3.05) is 0 Å². The van der Waals surface area contributed by atoms with Crippen LogP contribution < -0.4 is 10.5 Å². The molecule has 2 aromatic rings. The van der Waals surface area contributed by atoms with Crippen molar-refractivity contribution in [3.8, 4) is 5.75 Å². The highest BCUT2D eigenvalue weighted by molar-refractivity contribution is 5.21. The molecule has 0 amide bonds. The van der Waals surface area contributed by atoms with E-state index >= 15 is 0 Å². The first-order chi connectivity index (χ1) is 8.29. The van der Waals surface area contributed by atoms with Crippen LogP contribution in [0.25, 0.3) is 0 Å². The van der Waals surface area contributed by atoms with Gasteiger partial charge in [0.25, 0.3) is 0 Å². The first-order valence-electron chi connectivity index (χ1n) is 5.66. The Balaban J connectivity index is 1.94. The Morgan fingerprint density at radius 3 is 2.88 bits per heavy atom. The summed E-state index contributed by atoms with van der Waals surface area (Å²) in [7, 11) is 0. The number of hydrogen-bond donors (Lipinski definition) is 1. The van der Waals surface area contributed by atoms with E-state index in [-0.39, 0.29) is 6.04 Å². The number of nitrogens with zero attached hydrogens (tertiary/aromatic N) is 1. The van der Waals surface area contributed by atoms with Gasteiger partial charge in [-0.25, -0.2) is 0 Å². The van der Waals surface area contributed by atoms with Gasteiger partial charge in [-0.3, -0.25) is 4.98 Å². The first-order valence-corrected chi connectivity index (χ1v) is 5.66. The molecule has 0 unspecified atom stereocenters. The summed E-state index contributed by atoms with van der Waals surface area (Å²) in [6.45, 7) is 2.45. The molecule has 0 aliphatic carbocycles. The predicted molar refractivity (Wildman–Crippen MR) is 64.5 cm³/mol. The molecule has 4 nitrogen and oxygen atoms in total. The Kier molecular flexibility index (Phi) is 3.77. The lowest BCUT2D eigenvalue weighted by Crippen LogP contribution is -2.10. The molecule has 0 aliphatic heterocycles. The van der Waals surface area contributed by atoms with Gasteiger partial charge in [0.15, 0.2) is 0 Å². The minimum Gasteiger partial charge on any atom is -0.484 e. The largest absolute Gasteiger partial charge is 0.484 e. The molecule has 4 heteroatoms. The van der Waals surface area contributed by atoms with Gasteiger partial charge in [-0.2, -0.15) is 0 Å². The lowest BCUT2D eigenvalue weighted by Gasteiger charge is -2.09. The van der Waals surface area contributed by atoms with E-state index in [4.69, 9.17) is 14.9 Å². The highest BCUT2D eigenvalue weighted by atomic mass is 16.5. The van der Waals surface area contributed by atoms with Gasteiger partial charge in [-0.1, -0.05) is 6.92 Å². The molecular formula is C13H16N2O2. The molecular weight excluding hydrogens is 216 g/mol. The van der Waals surface area contributed by atoms with Crippen molar-refractivity contribution in [3.63, 3.8) is 0 Å². The first kappa shape index (κ1) is 11.7. The predicted octanol–water partition coefficient (Wildman–Crippen LogP) is 2.66. The van der Waals surface area contributed by atoms with Crippen LogP contribution in [0.4, 0.5) is 0 Å². The average molecular weight is 232 g/mol. The van der Waals surface area contributed by atoms with Crippen LogP contribution in [-0.4, -0.2) is 4.98 Å². The van der Waals surface area contributed by atoms with Gasteiger partial charge in [-0.15, -0.1) is 0 Å². The van der Waals surface area contributed by atoms with Gasteiger partial charge >= 0.3 is 0 Å². The summed E-state index contributed by atoms with van der Waals surface area (Å²) >= 11 is 0. The van der Waals surface area contributed by atoms with Crippen molar-refractivity contribution in [3.05, 3.63) is 48.2 Å². The normalized spacial score (nSPS) is 12.4. The molecule has 0 bridgehead atoms. The van der Waals surface area contributed by atoms with E-state index in [0.717, 1.165) is 17.9 Å². The fourth-order valence-electron chi connectivity index (χ4n) is 1.45. The lowest BCUT2D eigenvalue weighted by molar-refractivity contribution is 0.269. The molecule has 0 saturated heterocycles. The van der Waals surface area contributed by atoms with Gasteiger partial charge < -0.3 is 14.9 Å². The summed E-state index contributed by atoms with van der Waals surface area (Å²) in [5.41, 5.74) is 6.76. The maximum atomic E-state index is 5.88. The molecule has 0 aromatic carbocycles. The highest BCUT2D eigenvalue weighted by Gasteiger charge is 2.05. The Hall–Kier alpha value is -1.81. The number of furan rings is 1. The van der Waals surface area contributed by atoms with Crippen molar-refractivity contribution in [2.24, 2.45) is 5.73 Å². The molecule has 90 valence electrons. The minimum atomic E-state index is -0.00544. The van der Waals surface area contributed by atoms with E-state index in [1.807, 2.05) is 31.2 Å². The number of aromatic nitrogens is 1. The molecule has 0 radical (unpaired) electrons. The summed E-state index contributed by atoms with van der Waals surface area (Å²) in [6, 6.07) is 7.47. The Bertz CT molecular complexity index is 437. The zero-order valence-electron chi connectivity index (χ0n) is 9.80. The maximum absolute atomic E-state index is 5.88. The Morgan fingerprint density at radius 1 is 1.41 bits per heavy atom. The van der Waals surface area contributed by atoms with Crippen molar-refractivity contribution < 1.29 is 9.15 Å². The molecule has 1 atom stereocenters. The van der Waals surface area contributed by atoms with E-state index in [2.05, 4.69) is 4.98 Å². The molecule has 0 fully saturated rings. The van der Waals surface area contributed by atoms with Crippen LogP contribution in [0, 0.1) is 0 Å². The van der Waals surface area contributed by atoms with Crippen LogP contribution in [0.15, 0.2) is 41.1 Å². The van der Waals surface area contributed by atoms with Crippen molar-refractivity contribution in [1.29, 1.82) is 0 Å². The van der Waals surface area contributed by atoms with Crippen LogP contribution in [-0.2, 0) is 6.61 Å². The van der Waals surface area contributed by atoms with Gasteiger partial charge in [0.05, 0.1) is 18.2 Å². The molecule has 0 saturated carbocycles. The third-order valence-electron chi connectivity index (χ3n) is 2.54. The second-order valence-electron chi connectivity index (χ2n) is 3.80. The minimum absolute atomic E-state index is 0.00544. The van der Waals surface area contributed by atoms with Crippen molar-refractivity contribution in [1.82, 2.24) is 4.98 Å². The van der Waals surface area contributed by atoms with Gasteiger partial charge in [0.1, 0.15) is 18.1 Å². The summed E-state index contributed by atoms with van der Waals surface area (Å²) in [5.74, 6) is 1.51. The topological polar surface area (TPSA) is 61.3 Å². The van der Waals surface area contributed by atoms with Crippen molar-refractivity contribution in [2.45, 2.75) is 26.0 Å². The molecule has 2 N–H and O–H groups in total.